The molecule has 0 heterocycles. The minimum absolute atomic E-state index is 0.0345. The van der Waals surface area contributed by atoms with Crippen molar-refractivity contribution in [1.29, 1.82) is 0 Å². The highest BCUT2D eigenvalue weighted by Gasteiger charge is 2.04. The third-order valence-electron chi connectivity index (χ3n) is 3.41. The van der Waals surface area contributed by atoms with Crippen LogP contribution in [0.15, 0.2) is 18.2 Å². The van der Waals surface area contributed by atoms with Gasteiger partial charge >= 0.3 is 0 Å². The second kappa shape index (κ2) is 9.54. The highest BCUT2D eigenvalue weighted by atomic mass is 16.1. The molecule has 0 aromatic heterocycles. The lowest BCUT2D eigenvalue weighted by Gasteiger charge is -2.10. The first-order valence-electron chi connectivity index (χ1n) is 7.71. The molecular weight excluding hydrogens is 248 g/mol. The van der Waals surface area contributed by atoms with E-state index in [1.165, 1.54) is 25.7 Å². The summed E-state index contributed by atoms with van der Waals surface area (Å²) < 4.78 is 0. The monoisotopic (exact) mass is 276 g/mol. The van der Waals surface area contributed by atoms with E-state index in [0.29, 0.717) is 6.54 Å². The van der Waals surface area contributed by atoms with Crippen molar-refractivity contribution in [3.63, 3.8) is 0 Å². The summed E-state index contributed by atoms with van der Waals surface area (Å²) in [5.74, 6) is 0.0345. The van der Waals surface area contributed by atoms with E-state index in [9.17, 15) is 4.79 Å². The van der Waals surface area contributed by atoms with Gasteiger partial charge in [-0.05, 0) is 44.0 Å². The zero-order valence-electron chi connectivity index (χ0n) is 13.1. The summed E-state index contributed by atoms with van der Waals surface area (Å²) >= 11 is 0. The maximum atomic E-state index is 11.8. The molecule has 1 aromatic carbocycles. The highest BCUT2D eigenvalue weighted by molar-refractivity contribution is 5.93. The largest absolute Gasteiger partial charge is 0.325 e. The smallest absolute Gasteiger partial charge is 0.238 e. The topological polar surface area (TPSA) is 41.1 Å². The SMILES string of the molecule is CCCCCCCNCC(=O)Nc1cc(C)ccc1C. The van der Waals surface area contributed by atoms with Gasteiger partial charge < -0.3 is 10.6 Å². The van der Waals surface area contributed by atoms with Gasteiger partial charge in [0.05, 0.1) is 6.54 Å². The Balaban J connectivity index is 2.19. The van der Waals surface area contributed by atoms with Gasteiger partial charge in [-0.2, -0.15) is 0 Å². The molecule has 0 spiro atoms. The quantitative estimate of drug-likeness (QED) is 0.674. The van der Waals surface area contributed by atoms with E-state index < -0.39 is 0 Å². The summed E-state index contributed by atoms with van der Waals surface area (Å²) in [7, 11) is 0. The molecule has 0 bridgehead atoms. The predicted molar refractivity (Wildman–Crippen MR) is 86.2 cm³/mol. The van der Waals surface area contributed by atoms with Crippen molar-refractivity contribution in [1.82, 2.24) is 5.32 Å². The van der Waals surface area contributed by atoms with Crippen molar-refractivity contribution in [3.8, 4) is 0 Å². The normalized spacial score (nSPS) is 10.6. The molecule has 0 saturated heterocycles. The average molecular weight is 276 g/mol. The van der Waals surface area contributed by atoms with Crippen LogP contribution in [-0.2, 0) is 4.79 Å². The number of aryl methyl sites for hydroxylation is 2. The van der Waals surface area contributed by atoms with E-state index in [1.54, 1.807) is 0 Å². The Hall–Kier alpha value is -1.35. The van der Waals surface area contributed by atoms with Crippen LogP contribution in [0.3, 0.4) is 0 Å². The molecule has 20 heavy (non-hydrogen) atoms. The van der Waals surface area contributed by atoms with Gasteiger partial charge in [-0.15, -0.1) is 0 Å². The van der Waals surface area contributed by atoms with Gasteiger partial charge in [-0.3, -0.25) is 4.79 Å². The van der Waals surface area contributed by atoms with Gasteiger partial charge in [-0.25, -0.2) is 0 Å². The maximum absolute atomic E-state index is 11.8. The second-order valence-corrected chi connectivity index (χ2v) is 5.46. The molecule has 0 atom stereocenters. The Bertz CT molecular complexity index is 415. The van der Waals surface area contributed by atoms with Crippen LogP contribution in [0.5, 0.6) is 0 Å². The molecule has 1 rings (SSSR count). The van der Waals surface area contributed by atoms with E-state index in [1.807, 2.05) is 26.0 Å². The zero-order valence-corrected chi connectivity index (χ0v) is 13.1. The minimum atomic E-state index is 0.0345. The van der Waals surface area contributed by atoms with Crippen LogP contribution in [0, 0.1) is 13.8 Å². The lowest BCUT2D eigenvalue weighted by atomic mass is 10.1. The number of nitrogens with one attached hydrogen (secondary N) is 2. The molecule has 1 amide bonds. The number of hydrogen-bond donors (Lipinski definition) is 2. The Morgan fingerprint density at radius 2 is 1.85 bits per heavy atom. The lowest BCUT2D eigenvalue weighted by Crippen LogP contribution is -2.29. The van der Waals surface area contributed by atoms with Crippen molar-refractivity contribution in [2.24, 2.45) is 0 Å². The van der Waals surface area contributed by atoms with Crippen LogP contribution in [0.25, 0.3) is 0 Å². The third-order valence-corrected chi connectivity index (χ3v) is 3.41. The van der Waals surface area contributed by atoms with Crippen molar-refractivity contribution >= 4 is 11.6 Å². The van der Waals surface area contributed by atoms with Crippen molar-refractivity contribution < 1.29 is 4.79 Å². The standard InChI is InChI=1S/C17H28N2O/c1-4-5-6-7-8-11-18-13-17(20)19-16-12-14(2)9-10-15(16)3/h9-10,12,18H,4-8,11,13H2,1-3H3,(H,19,20). The molecule has 0 aliphatic heterocycles. The number of amides is 1. The van der Waals surface area contributed by atoms with Gasteiger partial charge in [0.15, 0.2) is 0 Å². The molecule has 3 nitrogen and oxygen atoms in total. The molecule has 3 heteroatoms. The first-order chi connectivity index (χ1) is 9.63. The second-order valence-electron chi connectivity index (χ2n) is 5.46. The Labute approximate surface area is 123 Å². The van der Waals surface area contributed by atoms with Crippen LogP contribution in [0.2, 0.25) is 0 Å². The number of rotatable bonds is 9. The van der Waals surface area contributed by atoms with E-state index in [4.69, 9.17) is 0 Å². The number of hydrogen-bond acceptors (Lipinski definition) is 2. The molecule has 0 aliphatic carbocycles. The van der Waals surface area contributed by atoms with Crippen LogP contribution in [-0.4, -0.2) is 19.0 Å². The number of unbranched alkanes of at least 4 members (excludes halogenated alkanes) is 4. The first kappa shape index (κ1) is 16.7. The van der Waals surface area contributed by atoms with Crippen LogP contribution >= 0.6 is 0 Å². The van der Waals surface area contributed by atoms with Gasteiger partial charge in [0, 0.05) is 5.69 Å². The zero-order chi connectivity index (χ0) is 14.8. The summed E-state index contributed by atoms with van der Waals surface area (Å²) in [6.45, 7) is 7.57. The number of benzene rings is 1. The van der Waals surface area contributed by atoms with E-state index in [0.717, 1.165) is 29.8 Å². The van der Waals surface area contributed by atoms with E-state index in [2.05, 4.69) is 23.6 Å². The highest BCUT2D eigenvalue weighted by Crippen LogP contribution is 2.15. The lowest BCUT2D eigenvalue weighted by molar-refractivity contribution is -0.115. The molecule has 2 N–H and O–H groups in total. The molecule has 0 saturated carbocycles. The molecule has 112 valence electrons. The van der Waals surface area contributed by atoms with Gasteiger partial charge in [0.1, 0.15) is 0 Å². The average Bonchev–Trinajstić information content (AvgIpc) is 2.42. The maximum Gasteiger partial charge on any atom is 0.238 e. The molecule has 1 aromatic rings. The molecule has 0 radical (unpaired) electrons. The van der Waals surface area contributed by atoms with Gasteiger partial charge in [0.2, 0.25) is 5.91 Å². The summed E-state index contributed by atoms with van der Waals surface area (Å²) in [6.07, 6.45) is 6.28. The summed E-state index contributed by atoms with van der Waals surface area (Å²) in [6, 6.07) is 6.10. The number of anilines is 1. The van der Waals surface area contributed by atoms with Crippen molar-refractivity contribution in [3.05, 3.63) is 29.3 Å². The third kappa shape index (κ3) is 6.71. The van der Waals surface area contributed by atoms with Crippen LogP contribution in [0.4, 0.5) is 5.69 Å². The molecule has 0 fully saturated rings. The number of carbonyl (C=O) groups excluding carboxylic acids is 1. The molecule has 0 aliphatic rings. The van der Waals surface area contributed by atoms with Crippen LogP contribution in [0.1, 0.15) is 50.2 Å². The Kier molecular flexibility index (Phi) is 7.97. The van der Waals surface area contributed by atoms with Crippen LogP contribution < -0.4 is 10.6 Å². The summed E-state index contributed by atoms with van der Waals surface area (Å²) in [5.41, 5.74) is 3.18. The Morgan fingerprint density at radius 3 is 2.60 bits per heavy atom. The fourth-order valence-corrected chi connectivity index (χ4v) is 2.12. The minimum Gasteiger partial charge on any atom is -0.325 e. The Morgan fingerprint density at radius 1 is 1.10 bits per heavy atom. The predicted octanol–water partition coefficient (Wildman–Crippen LogP) is 3.80. The molecular formula is C17H28N2O. The van der Waals surface area contributed by atoms with Crippen molar-refractivity contribution in [2.45, 2.75) is 52.9 Å². The first-order valence-corrected chi connectivity index (χ1v) is 7.71. The van der Waals surface area contributed by atoms with E-state index in [-0.39, 0.29) is 5.91 Å². The van der Waals surface area contributed by atoms with E-state index >= 15 is 0 Å². The van der Waals surface area contributed by atoms with Crippen molar-refractivity contribution in [2.75, 3.05) is 18.4 Å². The fourth-order valence-electron chi connectivity index (χ4n) is 2.12. The fraction of sp³-hybridized carbons (Fsp3) is 0.588. The summed E-state index contributed by atoms with van der Waals surface area (Å²) in [4.78, 5) is 11.8. The van der Waals surface area contributed by atoms with Gasteiger partial charge in [0.25, 0.3) is 0 Å². The summed E-state index contributed by atoms with van der Waals surface area (Å²) in [5, 5.41) is 6.17. The number of carbonyl (C=O) groups is 1. The van der Waals surface area contributed by atoms with Gasteiger partial charge in [-0.1, -0.05) is 44.7 Å². The molecule has 0 unspecified atom stereocenters.